The second-order valence-electron chi connectivity index (χ2n) is 5.68. The summed E-state index contributed by atoms with van der Waals surface area (Å²) in [6.07, 6.45) is 1.50. The number of amides is 1. The molecule has 0 saturated carbocycles. The quantitative estimate of drug-likeness (QED) is 0.391. The van der Waals surface area contributed by atoms with Crippen LogP contribution in [0.2, 0.25) is 0 Å². The second-order valence-corrected chi connectivity index (χ2v) is 5.68. The molecule has 3 rings (SSSR count). The van der Waals surface area contributed by atoms with Crippen molar-refractivity contribution in [2.24, 2.45) is 5.10 Å². The van der Waals surface area contributed by atoms with E-state index in [1.54, 1.807) is 24.3 Å². The molecule has 0 aliphatic carbocycles. The van der Waals surface area contributed by atoms with E-state index in [0.717, 1.165) is 0 Å². The number of hydrogen-bond donors (Lipinski definition) is 2. The summed E-state index contributed by atoms with van der Waals surface area (Å²) in [6, 6.07) is 13.0. The van der Waals surface area contributed by atoms with Gasteiger partial charge in [0.2, 0.25) is 5.91 Å². The standard InChI is InChI=1S/C18H15N5O4/c24-17(22-19-11-12-4-3-5-13(10-12)23(26)27)9-8-16-18(25)21-15-7-2-1-6-14(15)20-16/h1-7,10-11H,8-9H2,(H,21,25)(H,22,24)/b19-11-. The van der Waals surface area contributed by atoms with Crippen molar-refractivity contribution in [3.8, 4) is 0 Å². The van der Waals surface area contributed by atoms with Gasteiger partial charge in [0.25, 0.3) is 11.2 Å². The zero-order chi connectivity index (χ0) is 19.2. The largest absolute Gasteiger partial charge is 0.319 e. The van der Waals surface area contributed by atoms with Gasteiger partial charge in [0.05, 0.1) is 22.2 Å². The first-order chi connectivity index (χ1) is 13.0. The summed E-state index contributed by atoms with van der Waals surface area (Å²) >= 11 is 0. The summed E-state index contributed by atoms with van der Waals surface area (Å²) in [4.78, 5) is 41.1. The highest BCUT2D eigenvalue weighted by molar-refractivity contribution is 5.83. The summed E-state index contributed by atoms with van der Waals surface area (Å²) in [7, 11) is 0. The number of aromatic amines is 1. The van der Waals surface area contributed by atoms with Crippen LogP contribution in [0.3, 0.4) is 0 Å². The summed E-state index contributed by atoms with van der Waals surface area (Å²) in [6.45, 7) is 0. The minimum Gasteiger partial charge on any atom is -0.319 e. The highest BCUT2D eigenvalue weighted by atomic mass is 16.6. The fourth-order valence-corrected chi connectivity index (χ4v) is 2.42. The summed E-state index contributed by atoms with van der Waals surface area (Å²) in [5.41, 5.74) is 3.97. The number of nitro groups is 1. The molecule has 136 valence electrons. The van der Waals surface area contributed by atoms with E-state index in [2.05, 4.69) is 20.5 Å². The van der Waals surface area contributed by atoms with Crippen molar-refractivity contribution in [1.29, 1.82) is 0 Å². The van der Waals surface area contributed by atoms with Gasteiger partial charge in [-0.1, -0.05) is 24.3 Å². The van der Waals surface area contributed by atoms with Crippen molar-refractivity contribution in [3.63, 3.8) is 0 Å². The minimum atomic E-state index is -0.510. The highest BCUT2D eigenvalue weighted by Gasteiger charge is 2.08. The van der Waals surface area contributed by atoms with Gasteiger partial charge in [0.15, 0.2) is 0 Å². The van der Waals surface area contributed by atoms with E-state index >= 15 is 0 Å². The number of fused-ring (bicyclic) bond motifs is 1. The number of nitrogens with one attached hydrogen (secondary N) is 2. The number of H-pyrrole nitrogens is 1. The Kier molecular flexibility index (Phi) is 5.31. The molecular weight excluding hydrogens is 350 g/mol. The van der Waals surface area contributed by atoms with Crippen LogP contribution < -0.4 is 11.0 Å². The van der Waals surface area contributed by atoms with E-state index in [1.165, 1.54) is 24.4 Å². The van der Waals surface area contributed by atoms with Gasteiger partial charge in [-0.2, -0.15) is 5.10 Å². The normalized spacial score (nSPS) is 11.0. The Morgan fingerprint density at radius 2 is 2.07 bits per heavy atom. The Morgan fingerprint density at radius 1 is 1.26 bits per heavy atom. The topological polar surface area (TPSA) is 130 Å². The zero-order valence-corrected chi connectivity index (χ0v) is 14.1. The molecule has 9 heteroatoms. The third-order valence-electron chi connectivity index (χ3n) is 3.74. The third-order valence-corrected chi connectivity index (χ3v) is 3.74. The number of nitro benzene ring substituents is 1. The minimum absolute atomic E-state index is 0.0285. The first-order valence-electron chi connectivity index (χ1n) is 8.07. The van der Waals surface area contributed by atoms with Crippen molar-refractivity contribution in [2.45, 2.75) is 12.8 Å². The van der Waals surface area contributed by atoms with E-state index < -0.39 is 10.8 Å². The Labute approximate surface area is 152 Å². The number of nitrogens with zero attached hydrogens (tertiary/aromatic N) is 3. The first-order valence-corrected chi connectivity index (χ1v) is 8.07. The summed E-state index contributed by atoms with van der Waals surface area (Å²) < 4.78 is 0. The monoisotopic (exact) mass is 365 g/mol. The number of benzene rings is 2. The van der Waals surface area contributed by atoms with Crippen LogP contribution >= 0.6 is 0 Å². The Balaban J connectivity index is 1.58. The van der Waals surface area contributed by atoms with Gasteiger partial charge in [0.1, 0.15) is 5.69 Å². The highest BCUT2D eigenvalue weighted by Crippen LogP contribution is 2.11. The predicted octanol–water partition coefficient (Wildman–Crippen LogP) is 1.91. The molecule has 0 aliphatic rings. The van der Waals surface area contributed by atoms with Crippen LogP contribution in [0.25, 0.3) is 11.0 Å². The number of aromatic nitrogens is 2. The average Bonchev–Trinajstić information content (AvgIpc) is 2.66. The second kappa shape index (κ2) is 8.00. The molecule has 0 bridgehead atoms. The maximum atomic E-state index is 12.0. The Hall–Kier alpha value is -3.88. The van der Waals surface area contributed by atoms with E-state index in [9.17, 15) is 19.7 Å². The van der Waals surface area contributed by atoms with Crippen molar-refractivity contribution >= 4 is 28.8 Å². The number of aryl methyl sites for hydroxylation is 1. The molecule has 1 aromatic heterocycles. The maximum Gasteiger partial charge on any atom is 0.270 e. The fourth-order valence-electron chi connectivity index (χ4n) is 2.42. The first kappa shape index (κ1) is 17.9. The van der Waals surface area contributed by atoms with Crippen LogP contribution in [0.4, 0.5) is 5.69 Å². The van der Waals surface area contributed by atoms with Gasteiger partial charge in [-0.15, -0.1) is 0 Å². The van der Waals surface area contributed by atoms with Crippen LogP contribution in [0, 0.1) is 10.1 Å². The lowest BCUT2D eigenvalue weighted by molar-refractivity contribution is -0.384. The van der Waals surface area contributed by atoms with Crippen molar-refractivity contribution in [1.82, 2.24) is 15.4 Å². The molecule has 1 amide bonds. The van der Waals surface area contributed by atoms with Gasteiger partial charge in [-0.25, -0.2) is 10.4 Å². The molecule has 2 N–H and O–H groups in total. The third kappa shape index (κ3) is 4.60. The van der Waals surface area contributed by atoms with E-state index in [-0.39, 0.29) is 29.8 Å². The van der Waals surface area contributed by atoms with Crippen LogP contribution in [0.15, 0.2) is 58.4 Å². The fraction of sp³-hybridized carbons (Fsp3) is 0.111. The number of rotatable bonds is 6. The molecule has 0 atom stereocenters. The molecule has 0 spiro atoms. The lowest BCUT2D eigenvalue weighted by Gasteiger charge is -2.02. The van der Waals surface area contributed by atoms with E-state index in [4.69, 9.17) is 0 Å². The molecule has 1 heterocycles. The lowest BCUT2D eigenvalue weighted by Crippen LogP contribution is -2.21. The molecule has 9 nitrogen and oxygen atoms in total. The number of carbonyl (C=O) groups excluding carboxylic acids is 1. The van der Waals surface area contributed by atoms with Gasteiger partial charge in [-0.05, 0) is 12.1 Å². The van der Waals surface area contributed by atoms with Gasteiger partial charge >= 0.3 is 0 Å². The Bertz CT molecular complexity index is 1090. The maximum absolute atomic E-state index is 12.0. The van der Waals surface area contributed by atoms with Crippen molar-refractivity contribution < 1.29 is 9.72 Å². The number of para-hydroxylation sites is 2. The van der Waals surface area contributed by atoms with Crippen molar-refractivity contribution in [2.75, 3.05) is 0 Å². The molecule has 0 aliphatic heterocycles. The molecular formula is C18H15N5O4. The molecule has 27 heavy (non-hydrogen) atoms. The smallest absolute Gasteiger partial charge is 0.270 e. The zero-order valence-electron chi connectivity index (χ0n) is 14.1. The molecule has 0 unspecified atom stereocenters. The van der Waals surface area contributed by atoms with Crippen LogP contribution in [0.1, 0.15) is 17.7 Å². The SMILES string of the molecule is O=C(CCc1nc2ccccc2[nH]c1=O)N/N=C\c1cccc([N+](=O)[O-])c1. The van der Waals surface area contributed by atoms with Crippen LogP contribution in [-0.2, 0) is 11.2 Å². The number of hydrogen-bond acceptors (Lipinski definition) is 6. The molecule has 0 saturated heterocycles. The average molecular weight is 365 g/mol. The number of carbonyl (C=O) groups is 1. The van der Waals surface area contributed by atoms with Gasteiger partial charge in [-0.3, -0.25) is 19.7 Å². The number of non-ortho nitro benzene ring substituents is 1. The predicted molar refractivity (Wildman–Crippen MR) is 99.5 cm³/mol. The molecule has 0 radical (unpaired) electrons. The molecule has 3 aromatic rings. The number of hydrazone groups is 1. The van der Waals surface area contributed by atoms with Gasteiger partial charge in [0, 0.05) is 30.5 Å². The van der Waals surface area contributed by atoms with Crippen LogP contribution in [0.5, 0.6) is 0 Å². The lowest BCUT2D eigenvalue weighted by atomic mass is 10.2. The van der Waals surface area contributed by atoms with E-state index in [1.807, 2.05) is 6.07 Å². The molecule has 0 fully saturated rings. The van der Waals surface area contributed by atoms with Crippen molar-refractivity contribution in [3.05, 3.63) is 80.3 Å². The Morgan fingerprint density at radius 3 is 2.89 bits per heavy atom. The molecule has 2 aromatic carbocycles. The summed E-state index contributed by atoms with van der Waals surface area (Å²) in [5.74, 6) is -0.397. The van der Waals surface area contributed by atoms with E-state index in [0.29, 0.717) is 16.6 Å². The van der Waals surface area contributed by atoms with Gasteiger partial charge < -0.3 is 4.98 Å². The summed E-state index contributed by atoms with van der Waals surface area (Å²) in [5, 5.41) is 14.5. The van der Waals surface area contributed by atoms with Crippen LogP contribution in [-0.4, -0.2) is 27.0 Å².